The van der Waals surface area contributed by atoms with Gasteiger partial charge in [-0.15, -0.1) is 0 Å². The van der Waals surface area contributed by atoms with Crippen LogP contribution in [-0.2, 0) is 6.54 Å². The molecular weight excluding hydrogens is 458 g/mol. The molecular formula is C26H25Cl2FN4. The van der Waals surface area contributed by atoms with Crippen LogP contribution in [0.4, 0.5) is 10.3 Å². The lowest BCUT2D eigenvalue weighted by Gasteiger charge is -2.27. The summed E-state index contributed by atoms with van der Waals surface area (Å²) in [6, 6.07) is 15.3. The van der Waals surface area contributed by atoms with Crippen molar-refractivity contribution in [2.75, 3.05) is 25.0 Å². The van der Waals surface area contributed by atoms with E-state index in [4.69, 9.17) is 28.2 Å². The summed E-state index contributed by atoms with van der Waals surface area (Å²) in [5.74, 6) is 1.18. The van der Waals surface area contributed by atoms with E-state index in [0.29, 0.717) is 33.6 Å². The van der Waals surface area contributed by atoms with Crippen LogP contribution >= 0.6 is 23.2 Å². The van der Waals surface area contributed by atoms with Crippen molar-refractivity contribution >= 4 is 40.2 Å². The fourth-order valence-electron chi connectivity index (χ4n) is 4.41. The molecule has 0 unspecified atom stereocenters. The van der Waals surface area contributed by atoms with Crippen molar-refractivity contribution in [2.24, 2.45) is 5.92 Å². The van der Waals surface area contributed by atoms with Crippen LogP contribution < -0.4 is 10.6 Å². The minimum Gasteiger partial charge on any atom is -0.355 e. The zero-order valence-electron chi connectivity index (χ0n) is 18.6. The van der Waals surface area contributed by atoms with Gasteiger partial charge in [0.15, 0.2) is 0 Å². The Labute approximate surface area is 202 Å². The first-order valence-corrected chi connectivity index (χ1v) is 11.8. The summed E-state index contributed by atoms with van der Waals surface area (Å²) in [6.07, 6.45) is 0. The number of fused-ring (bicyclic) bond motifs is 1. The lowest BCUT2D eigenvalue weighted by Crippen LogP contribution is -2.45. The summed E-state index contributed by atoms with van der Waals surface area (Å²) in [5.41, 5.74) is 5.81. The number of hydrogen-bond donors (Lipinski definition) is 2. The number of hydrogen-bond acceptors (Lipinski definition) is 3. The zero-order chi connectivity index (χ0) is 23.1. The first kappa shape index (κ1) is 22.2. The molecule has 4 nitrogen and oxygen atoms in total. The van der Waals surface area contributed by atoms with Crippen molar-refractivity contribution in [3.63, 3.8) is 0 Å². The summed E-state index contributed by atoms with van der Waals surface area (Å²) < 4.78 is 16.4. The van der Waals surface area contributed by atoms with E-state index in [1.807, 2.05) is 48.5 Å². The molecule has 4 aromatic rings. The van der Waals surface area contributed by atoms with Gasteiger partial charge in [-0.3, -0.25) is 0 Å². The Morgan fingerprint density at radius 1 is 1.06 bits per heavy atom. The van der Waals surface area contributed by atoms with Crippen molar-refractivity contribution in [3.05, 3.63) is 81.1 Å². The lowest BCUT2D eigenvalue weighted by atomic mass is 10.0. The highest BCUT2D eigenvalue weighted by atomic mass is 35.5. The molecule has 1 fully saturated rings. The van der Waals surface area contributed by atoms with Gasteiger partial charge in [0, 0.05) is 46.7 Å². The first-order chi connectivity index (χ1) is 15.9. The molecule has 0 spiro atoms. The largest absolute Gasteiger partial charge is 0.355 e. The van der Waals surface area contributed by atoms with E-state index in [0.717, 1.165) is 53.3 Å². The molecule has 2 N–H and O–H groups in total. The predicted octanol–water partition coefficient (Wildman–Crippen LogP) is 6.45. The standard InChI is InChI=1S/C26H25Cl2FN4/c1-15-7-17(8-16(2)24(15)29)14-33-23-10-19(27)9-21(20-5-3-4-6-22(20)28)25(23)32-26(33)31-13-18-11-30-12-18/h3-10,18,30H,11-14H2,1-2H3,(H,31,32). The average Bonchev–Trinajstić information content (AvgIpc) is 3.08. The highest BCUT2D eigenvalue weighted by Gasteiger charge is 2.21. The van der Waals surface area contributed by atoms with Crippen LogP contribution in [0.5, 0.6) is 0 Å². The van der Waals surface area contributed by atoms with E-state index in [1.54, 1.807) is 13.8 Å². The van der Waals surface area contributed by atoms with Crippen molar-refractivity contribution in [3.8, 4) is 11.1 Å². The van der Waals surface area contributed by atoms with Crippen molar-refractivity contribution in [1.29, 1.82) is 0 Å². The van der Waals surface area contributed by atoms with Gasteiger partial charge in [-0.1, -0.05) is 53.5 Å². The molecule has 170 valence electrons. The third-order valence-corrected chi connectivity index (χ3v) is 6.78. The van der Waals surface area contributed by atoms with E-state index < -0.39 is 0 Å². The van der Waals surface area contributed by atoms with Crippen LogP contribution in [0.3, 0.4) is 0 Å². The molecule has 0 atom stereocenters. The maximum absolute atomic E-state index is 14.2. The number of anilines is 1. The van der Waals surface area contributed by atoms with Crippen LogP contribution in [0.1, 0.15) is 16.7 Å². The van der Waals surface area contributed by atoms with E-state index in [-0.39, 0.29) is 5.82 Å². The van der Waals surface area contributed by atoms with Gasteiger partial charge in [-0.2, -0.15) is 0 Å². The van der Waals surface area contributed by atoms with Gasteiger partial charge in [-0.25, -0.2) is 9.37 Å². The Hall–Kier alpha value is -2.60. The Morgan fingerprint density at radius 2 is 1.79 bits per heavy atom. The molecule has 1 aliphatic heterocycles. The van der Waals surface area contributed by atoms with Crippen molar-refractivity contribution in [1.82, 2.24) is 14.9 Å². The molecule has 1 aliphatic rings. The molecule has 1 aromatic heterocycles. The topological polar surface area (TPSA) is 41.9 Å². The normalized spacial score (nSPS) is 14.0. The van der Waals surface area contributed by atoms with E-state index in [9.17, 15) is 4.39 Å². The van der Waals surface area contributed by atoms with Gasteiger partial charge in [-0.05, 0) is 48.7 Å². The first-order valence-electron chi connectivity index (χ1n) is 11.1. The third-order valence-electron chi connectivity index (χ3n) is 6.23. The molecule has 0 aliphatic carbocycles. The van der Waals surface area contributed by atoms with Crippen molar-refractivity contribution < 1.29 is 4.39 Å². The van der Waals surface area contributed by atoms with Crippen molar-refractivity contribution in [2.45, 2.75) is 20.4 Å². The molecule has 1 saturated heterocycles. The third kappa shape index (κ3) is 4.33. The van der Waals surface area contributed by atoms with Gasteiger partial charge in [0.1, 0.15) is 5.82 Å². The molecule has 7 heteroatoms. The smallest absolute Gasteiger partial charge is 0.204 e. The van der Waals surface area contributed by atoms with Crippen LogP contribution in [-0.4, -0.2) is 29.2 Å². The highest BCUT2D eigenvalue weighted by molar-refractivity contribution is 6.34. The fraction of sp³-hybridized carbons (Fsp3) is 0.269. The van der Waals surface area contributed by atoms with E-state index in [2.05, 4.69) is 15.2 Å². The second-order valence-corrected chi connectivity index (χ2v) is 9.61. The van der Waals surface area contributed by atoms with Gasteiger partial charge < -0.3 is 15.2 Å². The molecule has 5 rings (SSSR count). The number of aromatic nitrogens is 2. The van der Waals surface area contributed by atoms with Crippen LogP contribution in [0, 0.1) is 25.6 Å². The van der Waals surface area contributed by atoms with Crippen LogP contribution in [0.15, 0.2) is 48.5 Å². The minimum absolute atomic E-state index is 0.158. The maximum Gasteiger partial charge on any atom is 0.204 e. The summed E-state index contributed by atoms with van der Waals surface area (Å²) in [4.78, 5) is 5.00. The number of aryl methyl sites for hydroxylation is 2. The number of halogens is 3. The van der Waals surface area contributed by atoms with Crippen LogP contribution in [0.2, 0.25) is 10.0 Å². The Bertz CT molecular complexity index is 1320. The lowest BCUT2D eigenvalue weighted by molar-refractivity contribution is 0.364. The van der Waals surface area contributed by atoms with Gasteiger partial charge >= 0.3 is 0 Å². The quantitative estimate of drug-likeness (QED) is 0.332. The molecule has 33 heavy (non-hydrogen) atoms. The molecule has 0 radical (unpaired) electrons. The molecule has 2 heterocycles. The van der Waals surface area contributed by atoms with Gasteiger partial charge in [0.25, 0.3) is 0 Å². The number of rotatable bonds is 6. The second-order valence-electron chi connectivity index (χ2n) is 8.77. The highest BCUT2D eigenvalue weighted by Crippen LogP contribution is 2.37. The monoisotopic (exact) mass is 482 g/mol. The van der Waals surface area contributed by atoms with Crippen LogP contribution in [0.25, 0.3) is 22.2 Å². The predicted molar refractivity (Wildman–Crippen MR) is 135 cm³/mol. The fourth-order valence-corrected chi connectivity index (χ4v) is 4.86. The number of nitrogens with zero attached hydrogens (tertiary/aromatic N) is 2. The molecule has 0 saturated carbocycles. The number of nitrogens with one attached hydrogen (secondary N) is 2. The second kappa shape index (κ2) is 8.98. The summed E-state index contributed by atoms with van der Waals surface area (Å²) in [5, 5.41) is 8.11. The Kier molecular flexibility index (Phi) is 6.04. The molecule has 0 amide bonds. The molecule has 3 aromatic carbocycles. The summed E-state index contributed by atoms with van der Waals surface area (Å²) >= 11 is 13.1. The zero-order valence-corrected chi connectivity index (χ0v) is 20.1. The summed E-state index contributed by atoms with van der Waals surface area (Å²) in [6.45, 7) is 6.97. The minimum atomic E-state index is -0.158. The average molecular weight is 483 g/mol. The van der Waals surface area contributed by atoms with Gasteiger partial charge in [0.2, 0.25) is 5.95 Å². The maximum atomic E-state index is 14.2. The number of benzene rings is 3. The summed E-state index contributed by atoms with van der Waals surface area (Å²) in [7, 11) is 0. The molecule has 0 bridgehead atoms. The van der Waals surface area contributed by atoms with E-state index >= 15 is 0 Å². The SMILES string of the molecule is Cc1cc(Cn2c(NCC3CNC3)nc3c(-c4ccccc4Cl)cc(Cl)cc32)cc(C)c1F. The number of imidazole rings is 1. The van der Waals surface area contributed by atoms with Gasteiger partial charge in [0.05, 0.1) is 17.6 Å². The van der Waals surface area contributed by atoms with E-state index in [1.165, 1.54) is 0 Å². The Morgan fingerprint density at radius 3 is 2.45 bits per heavy atom. The Balaban J connectivity index is 1.66.